The predicted octanol–water partition coefficient (Wildman–Crippen LogP) is 1.97. The van der Waals surface area contributed by atoms with Crippen LogP contribution in [0.4, 0.5) is 5.82 Å². The Morgan fingerprint density at radius 3 is 2.67 bits per heavy atom. The van der Waals surface area contributed by atoms with Crippen molar-refractivity contribution in [3.63, 3.8) is 0 Å². The first-order valence-electron chi connectivity index (χ1n) is 7.24. The fourth-order valence-electron chi connectivity index (χ4n) is 2.34. The van der Waals surface area contributed by atoms with Crippen molar-refractivity contribution in [2.45, 2.75) is 38.6 Å². The van der Waals surface area contributed by atoms with Crippen LogP contribution < -0.4 is 10.6 Å². The molecule has 3 rings (SSSR count). The highest BCUT2D eigenvalue weighted by molar-refractivity contribution is 5.55. The third-order valence-electron chi connectivity index (χ3n) is 3.64. The third kappa shape index (κ3) is 2.90. The Balaban J connectivity index is 1.79. The molecule has 0 spiro atoms. The van der Waals surface area contributed by atoms with E-state index in [0.29, 0.717) is 11.7 Å². The van der Waals surface area contributed by atoms with Crippen molar-refractivity contribution in [3.05, 3.63) is 24.2 Å². The predicted molar refractivity (Wildman–Crippen MR) is 81.0 cm³/mol. The van der Waals surface area contributed by atoms with E-state index in [4.69, 9.17) is 10.3 Å². The van der Waals surface area contributed by atoms with E-state index in [1.54, 1.807) is 6.20 Å². The van der Waals surface area contributed by atoms with Crippen LogP contribution >= 0.6 is 0 Å². The van der Waals surface area contributed by atoms with Gasteiger partial charge >= 0.3 is 0 Å². The second-order valence-corrected chi connectivity index (χ2v) is 6.57. The van der Waals surface area contributed by atoms with E-state index in [-0.39, 0.29) is 11.5 Å². The lowest BCUT2D eigenvalue weighted by molar-refractivity contribution is 0.402. The van der Waals surface area contributed by atoms with Gasteiger partial charge in [0.1, 0.15) is 5.82 Å². The van der Waals surface area contributed by atoms with Gasteiger partial charge in [0.25, 0.3) is 5.89 Å². The number of aromatic nitrogens is 3. The topological polar surface area (TPSA) is 81.1 Å². The van der Waals surface area contributed by atoms with Gasteiger partial charge in [0, 0.05) is 30.7 Å². The first-order valence-corrected chi connectivity index (χ1v) is 7.24. The summed E-state index contributed by atoms with van der Waals surface area (Å²) in [7, 11) is 0. The molecule has 21 heavy (non-hydrogen) atoms. The molecule has 2 aromatic rings. The Labute approximate surface area is 124 Å². The van der Waals surface area contributed by atoms with Gasteiger partial charge in [-0.2, -0.15) is 4.98 Å². The zero-order chi connectivity index (χ0) is 15.0. The van der Waals surface area contributed by atoms with Crippen molar-refractivity contribution in [2.24, 2.45) is 5.73 Å². The first kappa shape index (κ1) is 14.0. The number of nitrogens with zero attached hydrogens (tertiary/aromatic N) is 4. The molecule has 3 heterocycles. The lowest BCUT2D eigenvalue weighted by Gasteiger charge is -2.16. The third-order valence-corrected chi connectivity index (χ3v) is 3.64. The van der Waals surface area contributed by atoms with Crippen molar-refractivity contribution in [1.29, 1.82) is 0 Å². The number of rotatable bonds is 2. The molecular weight excluding hydrogens is 266 g/mol. The number of hydrogen-bond donors (Lipinski definition) is 1. The van der Waals surface area contributed by atoms with Crippen LogP contribution in [0.2, 0.25) is 0 Å². The van der Waals surface area contributed by atoms with E-state index in [9.17, 15) is 0 Å². The lowest BCUT2D eigenvalue weighted by Crippen LogP contribution is -2.26. The van der Waals surface area contributed by atoms with E-state index in [1.165, 1.54) is 0 Å². The molecule has 2 N–H and O–H groups in total. The highest BCUT2D eigenvalue weighted by atomic mass is 16.5. The molecule has 2 aromatic heterocycles. The minimum Gasteiger partial charge on any atom is -0.355 e. The quantitative estimate of drug-likeness (QED) is 0.909. The minimum atomic E-state index is -0.124. The fraction of sp³-hybridized carbons (Fsp3) is 0.533. The zero-order valence-corrected chi connectivity index (χ0v) is 12.7. The highest BCUT2D eigenvalue weighted by Gasteiger charge is 2.22. The van der Waals surface area contributed by atoms with Crippen LogP contribution in [0, 0.1) is 0 Å². The average Bonchev–Trinajstić information content (AvgIpc) is 3.07. The van der Waals surface area contributed by atoms with Crippen molar-refractivity contribution in [3.8, 4) is 11.5 Å². The summed E-state index contributed by atoms with van der Waals surface area (Å²) in [5, 5.41) is 4.03. The fourth-order valence-corrected chi connectivity index (χ4v) is 2.34. The van der Waals surface area contributed by atoms with Crippen LogP contribution in [0.15, 0.2) is 22.9 Å². The molecule has 112 valence electrons. The van der Waals surface area contributed by atoms with Crippen LogP contribution in [0.3, 0.4) is 0 Å². The second-order valence-electron chi connectivity index (χ2n) is 6.57. The summed E-state index contributed by atoms with van der Waals surface area (Å²) >= 11 is 0. The van der Waals surface area contributed by atoms with E-state index in [2.05, 4.69) is 40.8 Å². The molecule has 0 saturated carbocycles. The maximum atomic E-state index is 5.92. The molecule has 0 aromatic carbocycles. The summed E-state index contributed by atoms with van der Waals surface area (Å²) in [5.74, 6) is 2.16. The summed E-state index contributed by atoms with van der Waals surface area (Å²) < 4.78 is 5.32. The standard InChI is InChI=1S/C15H21N5O/c1-15(2,3)14-18-13(21-19-14)10-4-5-12(17-8-10)20-7-6-11(16)9-20/h4-5,8,11H,6-7,9,16H2,1-3H3. The zero-order valence-electron chi connectivity index (χ0n) is 12.7. The number of hydrogen-bond acceptors (Lipinski definition) is 6. The molecule has 1 fully saturated rings. The highest BCUT2D eigenvalue weighted by Crippen LogP contribution is 2.25. The average molecular weight is 287 g/mol. The Morgan fingerprint density at radius 1 is 1.33 bits per heavy atom. The Bertz CT molecular complexity index is 614. The number of nitrogens with two attached hydrogens (primary N) is 1. The number of anilines is 1. The minimum absolute atomic E-state index is 0.124. The van der Waals surface area contributed by atoms with Crippen molar-refractivity contribution in [1.82, 2.24) is 15.1 Å². The number of pyridine rings is 1. The molecule has 1 atom stereocenters. The van der Waals surface area contributed by atoms with Gasteiger partial charge in [-0.1, -0.05) is 25.9 Å². The Hall–Kier alpha value is -1.95. The van der Waals surface area contributed by atoms with Gasteiger partial charge in [-0.3, -0.25) is 0 Å². The molecule has 0 aliphatic carbocycles. The molecule has 1 saturated heterocycles. The van der Waals surface area contributed by atoms with Gasteiger partial charge in [-0.25, -0.2) is 4.98 Å². The van der Waals surface area contributed by atoms with Crippen molar-refractivity contribution < 1.29 is 4.52 Å². The maximum absolute atomic E-state index is 5.92. The van der Waals surface area contributed by atoms with Crippen molar-refractivity contribution >= 4 is 5.82 Å². The van der Waals surface area contributed by atoms with Gasteiger partial charge in [0.15, 0.2) is 5.82 Å². The van der Waals surface area contributed by atoms with Gasteiger partial charge in [-0.05, 0) is 18.6 Å². The lowest BCUT2D eigenvalue weighted by atomic mass is 9.96. The van der Waals surface area contributed by atoms with E-state index in [1.807, 2.05) is 12.1 Å². The van der Waals surface area contributed by atoms with Crippen LogP contribution in [-0.4, -0.2) is 34.3 Å². The van der Waals surface area contributed by atoms with E-state index >= 15 is 0 Å². The molecular formula is C15H21N5O. The Kier molecular flexibility index (Phi) is 3.41. The van der Waals surface area contributed by atoms with Gasteiger partial charge in [0.2, 0.25) is 0 Å². The molecule has 0 bridgehead atoms. The summed E-state index contributed by atoms with van der Waals surface area (Å²) in [6.45, 7) is 7.99. The van der Waals surface area contributed by atoms with Crippen LogP contribution in [0.1, 0.15) is 33.0 Å². The SMILES string of the molecule is CC(C)(C)c1noc(-c2ccc(N3CCC(N)C3)nc2)n1. The monoisotopic (exact) mass is 287 g/mol. The summed E-state index contributed by atoms with van der Waals surface area (Å²) in [4.78, 5) is 11.1. The van der Waals surface area contributed by atoms with Gasteiger partial charge in [-0.15, -0.1) is 0 Å². The van der Waals surface area contributed by atoms with Gasteiger partial charge < -0.3 is 15.2 Å². The Morgan fingerprint density at radius 2 is 2.14 bits per heavy atom. The molecule has 1 aliphatic heterocycles. The van der Waals surface area contributed by atoms with Crippen LogP contribution in [-0.2, 0) is 5.41 Å². The largest absolute Gasteiger partial charge is 0.355 e. The van der Waals surface area contributed by atoms with Crippen molar-refractivity contribution in [2.75, 3.05) is 18.0 Å². The van der Waals surface area contributed by atoms with Crippen LogP contribution in [0.25, 0.3) is 11.5 Å². The van der Waals surface area contributed by atoms with Gasteiger partial charge in [0.05, 0.1) is 5.56 Å². The molecule has 0 radical (unpaired) electrons. The smallest absolute Gasteiger partial charge is 0.259 e. The normalized spacial score (nSPS) is 19.2. The summed E-state index contributed by atoms with van der Waals surface area (Å²) in [5.41, 5.74) is 6.64. The molecule has 1 aliphatic rings. The summed E-state index contributed by atoms with van der Waals surface area (Å²) in [6, 6.07) is 4.19. The maximum Gasteiger partial charge on any atom is 0.259 e. The van der Waals surface area contributed by atoms with Crippen LogP contribution in [0.5, 0.6) is 0 Å². The summed E-state index contributed by atoms with van der Waals surface area (Å²) in [6.07, 6.45) is 2.79. The van der Waals surface area contributed by atoms with E-state index in [0.717, 1.165) is 30.9 Å². The molecule has 1 unspecified atom stereocenters. The first-order chi connectivity index (χ1) is 9.93. The molecule has 0 amide bonds. The molecule has 6 heteroatoms. The van der Waals surface area contributed by atoms with E-state index < -0.39 is 0 Å². The molecule has 6 nitrogen and oxygen atoms in total. The second kappa shape index (κ2) is 5.11.